The predicted molar refractivity (Wildman–Crippen MR) is 70.2 cm³/mol. The Bertz CT molecular complexity index is 372. The van der Waals surface area contributed by atoms with E-state index in [0.29, 0.717) is 6.04 Å². The summed E-state index contributed by atoms with van der Waals surface area (Å²) in [6.45, 7) is 3.32. The number of ether oxygens (including phenoxy) is 1. The van der Waals surface area contributed by atoms with Gasteiger partial charge in [0, 0.05) is 6.04 Å². The lowest BCUT2D eigenvalue weighted by atomic mass is 10.00. The molecule has 1 aliphatic heterocycles. The first-order valence-electron chi connectivity index (χ1n) is 5.77. The molecule has 0 spiro atoms. The first kappa shape index (κ1) is 11.9. The number of methoxy groups -OCH3 is 1. The lowest BCUT2D eigenvalue weighted by Gasteiger charge is -2.16. The van der Waals surface area contributed by atoms with E-state index >= 15 is 0 Å². The van der Waals surface area contributed by atoms with Crippen LogP contribution in [-0.4, -0.2) is 19.7 Å². The van der Waals surface area contributed by atoms with Gasteiger partial charge in [-0.15, -0.1) is 0 Å². The normalized spacial score (nSPS) is 20.1. The molecule has 16 heavy (non-hydrogen) atoms. The maximum absolute atomic E-state index is 5.34. The first-order chi connectivity index (χ1) is 7.72. The van der Waals surface area contributed by atoms with Crippen molar-refractivity contribution in [2.24, 2.45) is 0 Å². The van der Waals surface area contributed by atoms with Gasteiger partial charge in [0.2, 0.25) is 0 Å². The van der Waals surface area contributed by atoms with E-state index in [4.69, 9.17) is 4.74 Å². The molecule has 2 rings (SSSR count). The van der Waals surface area contributed by atoms with Crippen molar-refractivity contribution in [2.75, 3.05) is 13.7 Å². The molecule has 1 saturated heterocycles. The van der Waals surface area contributed by atoms with E-state index in [0.717, 1.165) is 23.2 Å². The van der Waals surface area contributed by atoms with E-state index in [-0.39, 0.29) is 0 Å². The maximum atomic E-state index is 5.34. The summed E-state index contributed by atoms with van der Waals surface area (Å²) in [5.41, 5.74) is 2.71. The third-order valence-electron chi connectivity index (χ3n) is 3.27. The molecule has 0 radical (unpaired) electrons. The molecule has 1 aliphatic rings. The lowest BCUT2D eigenvalue weighted by Crippen LogP contribution is -2.24. The van der Waals surface area contributed by atoms with Gasteiger partial charge in [-0.3, -0.25) is 0 Å². The summed E-state index contributed by atoms with van der Waals surface area (Å²) in [5, 5.41) is 3.54. The van der Waals surface area contributed by atoms with Crippen LogP contribution in [0.1, 0.15) is 24.0 Å². The summed E-state index contributed by atoms with van der Waals surface area (Å²) in [6.07, 6.45) is 3.66. The summed E-state index contributed by atoms with van der Waals surface area (Å²) in [6, 6.07) is 4.78. The van der Waals surface area contributed by atoms with Gasteiger partial charge in [0.05, 0.1) is 11.6 Å². The Hall–Kier alpha value is -0.540. The SMILES string of the molecule is COc1ccc(C)c(CC2CCCN2)c1Br. The van der Waals surface area contributed by atoms with Crippen LogP contribution in [0.3, 0.4) is 0 Å². The highest BCUT2D eigenvalue weighted by Crippen LogP contribution is 2.32. The number of aryl methyl sites for hydroxylation is 1. The van der Waals surface area contributed by atoms with Crippen molar-refractivity contribution in [3.8, 4) is 5.75 Å². The number of benzene rings is 1. The molecular formula is C13H18BrNO. The highest BCUT2D eigenvalue weighted by molar-refractivity contribution is 9.10. The third kappa shape index (κ3) is 2.41. The Kier molecular flexibility index (Phi) is 3.87. The average Bonchev–Trinajstić information content (AvgIpc) is 2.77. The van der Waals surface area contributed by atoms with E-state index in [1.54, 1.807) is 7.11 Å². The summed E-state index contributed by atoms with van der Waals surface area (Å²) in [5.74, 6) is 0.929. The quantitative estimate of drug-likeness (QED) is 0.921. The molecule has 1 aromatic carbocycles. The zero-order chi connectivity index (χ0) is 11.5. The highest BCUT2D eigenvalue weighted by Gasteiger charge is 2.18. The minimum atomic E-state index is 0.627. The second-order valence-electron chi connectivity index (χ2n) is 4.37. The summed E-state index contributed by atoms with van der Waals surface area (Å²) in [7, 11) is 1.72. The maximum Gasteiger partial charge on any atom is 0.133 e. The largest absolute Gasteiger partial charge is 0.496 e. The number of rotatable bonds is 3. The van der Waals surface area contributed by atoms with E-state index in [2.05, 4.69) is 34.2 Å². The van der Waals surface area contributed by atoms with Gasteiger partial charge in [-0.1, -0.05) is 6.07 Å². The molecule has 1 N–H and O–H groups in total. The number of nitrogens with one attached hydrogen (secondary N) is 1. The Balaban J connectivity index is 2.23. The molecule has 0 aromatic heterocycles. The molecular weight excluding hydrogens is 266 g/mol. The van der Waals surface area contributed by atoms with Gasteiger partial charge in [0.15, 0.2) is 0 Å². The predicted octanol–water partition coefficient (Wildman–Crippen LogP) is 3.06. The molecule has 3 heteroatoms. The van der Waals surface area contributed by atoms with Crippen molar-refractivity contribution in [3.05, 3.63) is 27.7 Å². The standard InChI is InChI=1S/C13H18BrNO/c1-9-5-6-12(16-2)13(14)11(9)8-10-4-3-7-15-10/h5-6,10,15H,3-4,7-8H2,1-2H3. The average molecular weight is 284 g/mol. The monoisotopic (exact) mass is 283 g/mol. The van der Waals surface area contributed by atoms with Gasteiger partial charge < -0.3 is 10.1 Å². The van der Waals surface area contributed by atoms with Crippen LogP contribution in [0, 0.1) is 6.92 Å². The van der Waals surface area contributed by atoms with E-state index in [1.807, 2.05) is 6.07 Å². The van der Waals surface area contributed by atoms with Crippen LogP contribution in [0.25, 0.3) is 0 Å². The Labute approximate surface area is 106 Å². The van der Waals surface area contributed by atoms with E-state index in [1.165, 1.54) is 24.0 Å². The highest BCUT2D eigenvalue weighted by atomic mass is 79.9. The fraction of sp³-hybridized carbons (Fsp3) is 0.538. The molecule has 2 nitrogen and oxygen atoms in total. The molecule has 1 heterocycles. The van der Waals surface area contributed by atoms with Gasteiger partial charge in [0.1, 0.15) is 5.75 Å². The lowest BCUT2D eigenvalue weighted by molar-refractivity contribution is 0.411. The van der Waals surface area contributed by atoms with Gasteiger partial charge in [0.25, 0.3) is 0 Å². The fourth-order valence-electron chi connectivity index (χ4n) is 2.28. The van der Waals surface area contributed by atoms with Crippen LogP contribution >= 0.6 is 15.9 Å². The van der Waals surface area contributed by atoms with Gasteiger partial charge in [-0.2, -0.15) is 0 Å². The van der Waals surface area contributed by atoms with Crippen molar-refractivity contribution < 1.29 is 4.74 Å². The molecule has 1 aromatic rings. The van der Waals surface area contributed by atoms with Crippen LogP contribution in [-0.2, 0) is 6.42 Å². The minimum Gasteiger partial charge on any atom is -0.496 e. The Morgan fingerprint density at radius 1 is 1.50 bits per heavy atom. The number of hydrogen-bond acceptors (Lipinski definition) is 2. The zero-order valence-corrected chi connectivity index (χ0v) is 11.4. The van der Waals surface area contributed by atoms with Crippen LogP contribution < -0.4 is 10.1 Å². The van der Waals surface area contributed by atoms with Crippen LogP contribution in [0.5, 0.6) is 5.75 Å². The first-order valence-corrected chi connectivity index (χ1v) is 6.57. The topological polar surface area (TPSA) is 21.3 Å². The third-order valence-corrected chi connectivity index (χ3v) is 4.14. The van der Waals surface area contributed by atoms with Crippen molar-refractivity contribution in [3.63, 3.8) is 0 Å². The summed E-state index contributed by atoms with van der Waals surface area (Å²) >= 11 is 3.65. The van der Waals surface area contributed by atoms with Crippen molar-refractivity contribution in [1.29, 1.82) is 0 Å². The van der Waals surface area contributed by atoms with Gasteiger partial charge >= 0.3 is 0 Å². The minimum absolute atomic E-state index is 0.627. The van der Waals surface area contributed by atoms with E-state index in [9.17, 15) is 0 Å². The fourth-order valence-corrected chi connectivity index (χ4v) is 3.05. The van der Waals surface area contributed by atoms with E-state index < -0.39 is 0 Å². The second-order valence-corrected chi connectivity index (χ2v) is 5.17. The van der Waals surface area contributed by atoms with Crippen LogP contribution in [0.15, 0.2) is 16.6 Å². The summed E-state index contributed by atoms with van der Waals surface area (Å²) in [4.78, 5) is 0. The van der Waals surface area contributed by atoms with Crippen molar-refractivity contribution in [2.45, 2.75) is 32.2 Å². The molecule has 0 saturated carbocycles. The molecule has 88 valence electrons. The Morgan fingerprint density at radius 2 is 2.31 bits per heavy atom. The molecule has 0 amide bonds. The zero-order valence-electron chi connectivity index (χ0n) is 9.85. The van der Waals surface area contributed by atoms with Crippen molar-refractivity contribution in [1.82, 2.24) is 5.32 Å². The molecule has 0 bridgehead atoms. The second kappa shape index (κ2) is 5.19. The van der Waals surface area contributed by atoms with Crippen molar-refractivity contribution >= 4 is 15.9 Å². The smallest absolute Gasteiger partial charge is 0.133 e. The molecule has 1 unspecified atom stereocenters. The molecule has 1 atom stereocenters. The van der Waals surface area contributed by atoms with Crippen LogP contribution in [0.4, 0.5) is 0 Å². The molecule has 0 aliphatic carbocycles. The Morgan fingerprint density at radius 3 is 2.94 bits per heavy atom. The van der Waals surface area contributed by atoms with Crippen LogP contribution in [0.2, 0.25) is 0 Å². The summed E-state index contributed by atoms with van der Waals surface area (Å²) < 4.78 is 6.45. The number of halogens is 1. The van der Waals surface area contributed by atoms with Gasteiger partial charge in [-0.25, -0.2) is 0 Å². The van der Waals surface area contributed by atoms with Gasteiger partial charge in [-0.05, 0) is 65.9 Å². The number of hydrogen-bond donors (Lipinski definition) is 1. The molecule has 1 fully saturated rings.